The van der Waals surface area contributed by atoms with Crippen molar-refractivity contribution in [1.82, 2.24) is 10.2 Å². The normalized spacial score (nSPS) is 15.4. The molecule has 1 fully saturated rings. The third kappa shape index (κ3) is 4.66. The molecule has 134 valence electrons. The van der Waals surface area contributed by atoms with Crippen LogP contribution in [0.5, 0.6) is 0 Å². The smallest absolute Gasteiger partial charge is 0.251 e. The van der Waals surface area contributed by atoms with Gasteiger partial charge in [0.1, 0.15) is 4.21 Å². The SMILES string of the molecule is NS(=O)(=O)c1ccc(-c2cccc(C(=O)NCCN3CCCC3)c2)s1. The molecule has 0 unspecified atom stereocenters. The Balaban J connectivity index is 1.66. The third-order valence-electron chi connectivity index (χ3n) is 4.18. The van der Waals surface area contributed by atoms with Crippen molar-refractivity contribution in [3.8, 4) is 10.4 Å². The summed E-state index contributed by atoms with van der Waals surface area (Å²) in [5.74, 6) is -0.121. The Labute approximate surface area is 151 Å². The second-order valence-corrected chi connectivity index (χ2v) is 8.92. The van der Waals surface area contributed by atoms with Gasteiger partial charge in [0.2, 0.25) is 10.0 Å². The highest BCUT2D eigenvalue weighted by Crippen LogP contribution is 2.30. The second kappa shape index (κ2) is 7.65. The van der Waals surface area contributed by atoms with Crippen LogP contribution in [0.25, 0.3) is 10.4 Å². The van der Waals surface area contributed by atoms with Gasteiger partial charge in [-0.05, 0) is 55.8 Å². The molecule has 2 heterocycles. The summed E-state index contributed by atoms with van der Waals surface area (Å²) in [6.07, 6.45) is 2.47. The molecule has 0 radical (unpaired) electrons. The van der Waals surface area contributed by atoms with E-state index in [0.29, 0.717) is 12.1 Å². The van der Waals surface area contributed by atoms with Crippen molar-refractivity contribution < 1.29 is 13.2 Å². The van der Waals surface area contributed by atoms with E-state index in [1.54, 1.807) is 24.3 Å². The van der Waals surface area contributed by atoms with Crippen LogP contribution in [0.15, 0.2) is 40.6 Å². The first kappa shape index (κ1) is 18.1. The maximum Gasteiger partial charge on any atom is 0.251 e. The quantitative estimate of drug-likeness (QED) is 0.802. The molecule has 8 heteroatoms. The molecule has 6 nitrogen and oxygen atoms in total. The van der Waals surface area contributed by atoms with Crippen LogP contribution in [0, 0.1) is 0 Å². The van der Waals surface area contributed by atoms with Crippen molar-refractivity contribution in [3.63, 3.8) is 0 Å². The molecule has 3 rings (SSSR count). The summed E-state index contributed by atoms with van der Waals surface area (Å²) in [6, 6.07) is 10.3. The Bertz CT molecular complexity index is 856. The van der Waals surface area contributed by atoms with Crippen molar-refractivity contribution in [2.75, 3.05) is 26.2 Å². The number of nitrogens with two attached hydrogens (primary N) is 1. The van der Waals surface area contributed by atoms with Gasteiger partial charge in [-0.2, -0.15) is 0 Å². The van der Waals surface area contributed by atoms with E-state index in [-0.39, 0.29) is 10.1 Å². The third-order valence-corrected chi connectivity index (χ3v) is 6.76. The zero-order chi connectivity index (χ0) is 17.9. The van der Waals surface area contributed by atoms with Gasteiger partial charge in [0.25, 0.3) is 5.91 Å². The molecule has 1 aromatic heterocycles. The van der Waals surface area contributed by atoms with Crippen molar-refractivity contribution in [2.45, 2.75) is 17.1 Å². The number of hydrogen-bond acceptors (Lipinski definition) is 5. The average molecular weight is 380 g/mol. The lowest BCUT2D eigenvalue weighted by Gasteiger charge is -2.14. The van der Waals surface area contributed by atoms with Gasteiger partial charge in [-0.25, -0.2) is 13.6 Å². The molecular weight excluding hydrogens is 358 g/mol. The number of benzene rings is 1. The zero-order valence-corrected chi connectivity index (χ0v) is 15.4. The molecule has 0 aliphatic carbocycles. The highest BCUT2D eigenvalue weighted by Gasteiger charge is 2.14. The van der Waals surface area contributed by atoms with Gasteiger partial charge in [0.15, 0.2) is 0 Å². The highest BCUT2D eigenvalue weighted by atomic mass is 32.2. The van der Waals surface area contributed by atoms with Crippen LogP contribution in [0.1, 0.15) is 23.2 Å². The van der Waals surface area contributed by atoms with Crippen molar-refractivity contribution in [3.05, 3.63) is 42.0 Å². The van der Waals surface area contributed by atoms with E-state index >= 15 is 0 Å². The van der Waals surface area contributed by atoms with Crippen LogP contribution in [0.4, 0.5) is 0 Å². The van der Waals surface area contributed by atoms with Gasteiger partial charge in [0.05, 0.1) is 0 Å². The van der Waals surface area contributed by atoms with E-state index < -0.39 is 10.0 Å². The minimum Gasteiger partial charge on any atom is -0.351 e. The first-order valence-corrected chi connectivity index (χ1v) is 10.5. The van der Waals surface area contributed by atoms with Crippen LogP contribution >= 0.6 is 11.3 Å². The predicted octanol–water partition coefficient (Wildman–Crippen LogP) is 1.89. The fourth-order valence-electron chi connectivity index (χ4n) is 2.88. The Hall–Kier alpha value is -1.74. The van der Waals surface area contributed by atoms with Crippen LogP contribution < -0.4 is 10.5 Å². The first-order valence-electron chi connectivity index (χ1n) is 8.17. The summed E-state index contributed by atoms with van der Waals surface area (Å²) in [4.78, 5) is 15.4. The number of nitrogens with one attached hydrogen (secondary N) is 1. The standard InChI is InChI=1S/C17H21N3O3S2/c18-25(22,23)16-7-6-15(24-16)13-4-3-5-14(12-13)17(21)19-8-11-20-9-1-2-10-20/h3-7,12H,1-2,8-11H2,(H,19,21)(H2,18,22,23). The minimum absolute atomic E-state index is 0.114. The first-order chi connectivity index (χ1) is 11.9. The lowest BCUT2D eigenvalue weighted by molar-refractivity contribution is 0.0950. The molecule has 1 saturated heterocycles. The number of carbonyl (C=O) groups is 1. The van der Waals surface area contributed by atoms with Crippen LogP contribution in [-0.2, 0) is 10.0 Å². The molecule has 2 aromatic rings. The second-order valence-electron chi connectivity index (χ2n) is 6.05. The van der Waals surface area contributed by atoms with E-state index in [2.05, 4.69) is 10.2 Å². The summed E-state index contributed by atoms with van der Waals surface area (Å²) >= 11 is 1.10. The summed E-state index contributed by atoms with van der Waals surface area (Å²) in [7, 11) is -3.70. The van der Waals surface area contributed by atoms with Crippen molar-refractivity contribution in [2.24, 2.45) is 5.14 Å². The van der Waals surface area contributed by atoms with Crippen LogP contribution in [0.3, 0.4) is 0 Å². The van der Waals surface area contributed by atoms with E-state index in [1.807, 2.05) is 6.07 Å². The molecule has 0 bridgehead atoms. The van der Waals surface area contributed by atoms with Crippen molar-refractivity contribution >= 4 is 27.3 Å². The largest absolute Gasteiger partial charge is 0.351 e. The number of nitrogens with zero attached hydrogens (tertiary/aromatic N) is 1. The van der Waals surface area contributed by atoms with E-state index in [9.17, 15) is 13.2 Å². The molecule has 1 amide bonds. The minimum atomic E-state index is -3.70. The Morgan fingerprint density at radius 3 is 2.64 bits per heavy atom. The topological polar surface area (TPSA) is 92.5 Å². The number of likely N-dealkylation sites (tertiary alicyclic amines) is 1. The Morgan fingerprint density at radius 2 is 1.96 bits per heavy atom. The van der Waals surface area contributed by atoms with Gasteiger partial charge < -0.3 is 10.2 Å². The molecule has 1 aromatic carbocycles. The average Bonchev–Trinajstić information content (AvgIpc) is 3.26. The maximum atomic E-state index is 12.3. The molecule has 3 N–H and O–H groups in total. The van der Waals surface area contributed by atoms with Crippen LogP contribution in [-0.4, -0.2) is 45.4 Å². The molecule has 1 aliphatic rings. The maximum absolute atomic E-state index is 12.3. The lowest BCUT2D eigenvalue weighted by Crippen LogP contribution is -2.33. The fourth-order valence-corrected chi connectivity index (χ4v) is 4.60. The number of primary sulfonamides is 1. The Kier molecular flexibility index (Phi) is 5.53. The predicted molar refractivity (Wildman–Crippen MR) is 99.1 cm³/mol. The highest BCUT2D eigenvalue weighted by molar-refractivity contribution is 7.91. The molecular formula is C17H21N3O3S2. The summed E-state index contributed by atoms with van der Waals surface area (Å²) in [5, 5.41) is 8.09. The monoisotopic (exact) mass is 379 g/mol. The van der Waals surface area contributed by atoms with Crippen LogP contribution in [0.2, 0.25) is 0 Å². The molecule has 0 atom stereocenters. The van der Waals surface area contributed by atoms with Gasteiger partial charge in [-0.3, -0.25) is 4.79 Å². The number of amides is 1. The lowest BCUT2D eigenvalue weighted by atomic mass is 10.1. The van der Waals surface area contributed by atoms with E-state index in [0.717, 1.165) is 41.4 Å². The number of hydrogen-bond donors (Lipinski definition) is 2. The zero-order valence-electron chi connectivity index (χ0n) is 13.8. The van der Waals surface area contributed by atoms with E-state index in [1.165, 1.54) is 18.9 Å². The molecule has 1 aliphatic heterocycles. The molecule has 0 spiro atoms. The number of carbonyl (C=O) groups excluding carboxylic acids is 1. The fraction of sp³-hybridized carbons (Fsp3) is 0.353. The number of rotatable bonds is 6. The summed E-state index contributed by atoms with van der Waals surface area (Å²) in [5.41, 5.74) is 1.36. The van der Waals surface area contributed by atoms with Gasteiger partial charge in [-0.15, -0.1) is 11.3 Å². The summed E-state index contributed by atoms with van der Waals surface area (Å²) < 4.78 is 22.9. The Morgan fingerprint density at radius 1 is 1.20 bits per heavy atom. The van der Waals surface area contributed by atoms with Crippen molar-refractivity contribution in [1.29, 1.82) is 0 Å². The van der Waals surface area contributed by atoms with Gasteiger partial charge in [-0.1, -0.05) is 12.1 Å². The number of thiophene rings is 1. The number of sulfonamides is 1. The molecule has 0 saturated carbocycles. The van der Waals surface area contributed by atoms with E-state index in [4.69, 9.17) is 5.14 Å². The summed E-state index contributed by atoms with van der Waals surface area (Å²) in [6.45, 7) is 3.71. The van der Waals surface area contributed by atoms with Gasteiger partial charge >= 0.3 is 0 Å². The van der Waals surface area contributed by atoms with Gasteiger partial charge in [0, 0.05) is 23.5 Å². The molecule has 25 heavy (non-hydrogen) atoms.